The zero-order valence-corrected chi connectivity index (χ0v) is 12.2. The largest absolute Gasteiger partial charge is 0.381 e. The summed E-state index contributed by atoms with van der Waals surface area (Å²) >= 11 is 0. The van der Waals surface area contributed by atoms with E-state index >= 15 is 0 Å². The number of rotatable bonds is 3. The summed E-state index contributed by atoms with van der Waals surface area (Å²) in [5, 5.41) is 4.06. The summed E-state index contributed by atoms with van der Waals surface area (Å²) in [6.45, 7) is 2.21. The Bertz CT molecular complexity index is 674. The molecule has 114 valence electrons. The van der Waals surface area contributed by atoms with Gasteiger partial charge in [0.05, 0.1) is 6.61 Å². The standard InChI is InChI=1S/C16H17N3O3/c20-14-2-1-8-19(14)13-5-3-11(4-6-13)16-17-15(18-22-16)12-7-9-21-10-12/h3-6,12H,1-2,7-10H2/t12-/m0/s1. The molecule has 1 amide bonds. The predicted molar refractivity (Wildman–Crippen MR) is 79.5 cm³/mol. The minimum Gasteiger partial charge on any atom is -0.381 e. The Hall–Kier alpha value is -2.21. The highest BCUT2D eigenvalue weighted by molar-refractivity contribution is 5.95. The van der Waals surface area contributed by atoms with E-state index in [1.807, 2.05) is 29.2 Å². The van der Waals surface area contributed by atoms with Crippen LogP contribution in [0.3, 0.4) is 0 Å². The summed E-state index contributed by atoms with van der Waals surface area (Å²) in [7, 11) is 0. The number of ether oxygens (including phenoxy) is 1. The quantitative estimate of drug-likeness (QED) is 0.870. The number of anilines is 1. The van der Waals surface area contributed by atoms with Crippen molar-refractivity contribution < 1.29 is 14.1 Å². The van der Waals surface area contributed by atoms with Crippen molar-refractivity contribution in [3.63, 3.8) is 0 Å². The summed E-state index contributed by atoms with van der Waals surface area (Å²) in [5.74, 6) is 1.65. The molecule has 0 unspecified atom stereocenters. The Morgan fingerprint density at radius 3 is 2.77 bits per heavy atom. The van der Waals surface area contributed by atoms with Gasteiger partial charge in [0.25, 0.3) is 5.89 Å². The number of amides is 1. The fraction of sp³-hybridized carbons (Fsp3) is 0.438. The van der Waals surface area contributed by atoms with Gasteiger partial charge in [0.1, 0.15) is 0 Å². The first-order chi connectivity index (χ1) is 10.8. The van der Waals surface area contributed by atoms with E-state index in [0.717, 1.165) is 37.2 Å². The van der Waals surface area contributed by atoms with Crippen LogP contribution in [0.4, 0.5) is 5.69 Å². The van der Waals surface area contributed by atoms with Crippen LogP contribution in [0.15, 0.2) is 28.8 Å². The lowest BCUT2D eigenvalue weighted by Gasteiger charge is -2.15. The number of nitrogens with zero attached hydrogens (tertiary/aromatic N) is 3. The Kier molecular flexibility index (Phi) is 3.38. The van der Waals surface area contributed by atoms with Crippen LogP contribution in [-0.2, 0) is 9.53 Å². The van der Waals surface area contributed by atoms with Crippen LogP contribution >= 0.6 is 0 Å². The maximum absolute atomic E-state index is 11.8. The van der Waals surface area contributed by atoms with Crippen molar-refractivity contribution >= 4 is 11.6 Å². The predicted octanol–water partition coefficient (Wildman–Crippen LogP) is 2.37. The maximum Gasteiger partial charge on any atom is 0.257 e. The van der Waals surface area contributed by atoms with E-state index in [0.29, 0.717) is 24.7 Å². The monoisotopic (exact) mass is 299 g/mol. The maximum atomic E-state index is 11.8. The molecule has 0 aliphatic carbocycles. The van der Waals surface area contributed by atoms with E-state index in [1.165, 1.54) is 0 Å². The van der Waals surface area contributed by atoms with E-state index in [-0.39, 0.29) is 11.8 Å². The smallest absolute Gasteiger partial charge is 0.257 e. The van der Waals surface area contributed by atoms with Crippen molar-refractivity contribution in [3.05, 3.63) is 30.1 Å². The number of benzene rings is 1. The van der Waals surface area contributed by atoms with E-state index in [9.17, 15) is 4.79 Å². The number of hydrogen-bond acceptors (Lipinski definition) is 5. The lowest BCUT2D eigenvalue weighted by molar-refractivity contribution is -0.117. The van der Waals surface area contributed by atoms with Crippen molar-refractivity contribution in [2.75, 3.05) is 24.7 Å². The first kappa shape index (κ1) is 13.5. The topological polar surface area (TPSA) is 68.5 Å². The van der Waals surface area contributed by atoms with Crippen LogP contribution in [0.1, 0.15) is 31.0 Å². The fourth-order valence-corrected chi connectivity index (χ4v) is 2.96. The van der Waals surface area contributed by atoms with Crippen molar-refractivity contribution in [2.45, 2.75) is 25.2 Å². The Morgan fingerprint density at radius 1 is 1.23 bits per heavy atom. The summed E-state index contributed by atoms with van der Waals surface area (Å²) < 4.78 is 10.7. The minimum atomic E-state index is 0.189. The van der Waals surface area contributed by atoms with Gasteiger partial charge in [0.2, 0.25) is 5.91 Å². The summed E-state index contributed by atoms with van der Waals surface area (Å²) in [5.41, 5.74) is 1.79. The second-order valence-electron chi connectivity index (χ2n) is 5.71. The van der Waals surface area contributed by atoms with Gasteiger partial charge < -0.3 is 14.2 Å². The van der Waals surface area contributed by atoms with Crippen molar-refractivity contribution in [1.82, 2.24) is 10.1 Å². The molecule has 1 aromatic carbocycles. The SMILES string of the molecule is O=C1CCCN1c1ccc(-c2nc([C@H]3CCOC3)no2)cc1. The van der Waals surface area contributed by atoms with Crippen LogP contribution < -0.4 is 4.90 Å². The molecule has 3 heterocycles. The molecule has 0 N–H and O–H groups in total. The molecule has 2 aromatic rings. The van der Waals surface area contributed by atoms with Crippen molar-refractivity contribution in [2.24, 2.45) is 0 Å². The highest BCUT2D eigenvalue weighted by atomic mass is 16.5. The first-order valence-electron chi connectivity index (χ1n) is 7.63. The second kappa shape index (κ2) is 5.53. The Labute approximate surface area is 128 Å². The third-order valence-electron chi connectivity index (χ3n) is 4.24. The number of carbonyl (C=O) groups is 1. The molecular formula is C16H17N3O3. The molecule has 0 radical (unpaired) electrons. The fourth-order valence-electron chi connectivity index (χ4n) is 2.96. The normalized spacial score (nSPS) is 21.7. The van der Waals surface area contributed by atoms with Crippen LogP contribution in [0.25, 0.3) is 11.5 Å². The van der Waals surface area contributed by atoms with Crippen LogP contribution in [0, 0.1) is 0 Å². The van der Waals surface area contributed by atoms with E-state index in [2.05, 4.69) is 10.1 Å². The van der Waals surface area contributed by atoms with Gasteiger partial charge in [0.15, 0.2) is 5.82 Å². The molecule has 22 heavy (non-hydrogen) atoms. The second-order valence-corrected chi connectivity index (χ2v) is 5.71. The summed E-state index contributed by atoms with van der Waals surface area (Å²) in [6, 6.07) is 7.70. The summed E-state index contributed by atoms with van der Waals surface area (Å²) in [6.07, 6.45) is 2.50. The molecule has 0 spiro atoms. The molecular weight excluding hydrogens is 282 g/mol. The molecule has 6 nitrogen and oxygen atoms in total. The third kappa shape index (κ3) is 2.39. The molecule has 1 aromatic heterocycles. The highest BCUT2D eigenvalue weighted by Crippen LogP contribution is 2.28. The first-order valence-corrected chi connectivity index (χ1v) is 7.63. The molecule has 4 rings (SSSR count). The highest BCUT2D eigenvalue weighted by Gasteiger charge is 2.24. The van der Waals surface area contributed by atoms with Crippen molar-refractivity contribution in [1.29, 1.82) is 0 Å². The third-order valence-corrected chi connectivity index (χ3v) is 4.24. The van der Waals surface area contributed by atoms with Gasteiger partial charge in [-0.25, -0.2) is 0 Å². The van der Waals surface area contributed by atoms with Gasteiger partial charge in [-0.1, -0.05) is 5.16 Å². The van der Waals surface area contributed by atoms with Crippen molar-refractivity contribution in [3.8, 4) is 11.5 Å². The van der Waals surface area contributed by atoms with Gasteiger partial charge in [-0.05, 0) is 37.1 Å². The van der Waals surface area contributed by atoms with Gasteiger partial charge in [-0.3, -0.25) is 4.79 Å². The molecule has 0 bridgehead atoms. The minimum absolute atomic E-state index is 0.189. The van der Waals surface area contributed by atoms with Gasteiger partial charge >= 0.3 is 0 Å². The average molecular weight is 299 g/mol. The lowest BCUT2D eigenvalue weighted by atomic mass is 10.1. The van der Waals surface area contributed by atoms with Crippen LogP contribution in [0.5, 0.6) is 0 Å². The van der Waals surface area contributed by atoms with Gasteiger partial charge in [0, 0.05) is 36.7 Å². The molecule has 1 atom stereocenters. The molecule has 2 aliphatic heterocycles. The molecule has 6 heteroatoms. The molecule has 2 fully saturated rings. The van der Waals surface area contributed by atoms with E-state index in [1.54, 1.807) is 0 Å². The average Bonchev–Trinajstić information content (AvgIpc) is 3.28. The zero-order valence-electron chi connectivity index (χ0n) is 12.2. The number of aromatic nitrogens is 2. The molecule has 0 saturated carbocycles. The zero-order chi connectivity index (χ0) is 14.9. The number of carbonyl (C=O) groups excluding carboxylic acids is 1. The van der Waals surface area contributed by atoms with Gasteiger partial charge in [-0.2, -0.15) is 4.98 Å². The van der Waals surface area contributed by atoms with Gasteiger partial charge in [-0.15, -0.1) is 0 Å². The van der Waals surface area contributed by atoms with Crippen LogP contribution in [-0.4, -0.2) is 35.8 Å². The van der Waals surface area contributed by atoms with E-state index in [4.69, 9.17) is 9.26 Å². The molecule has 2 saturated heterocycles. The Balaban J connectivity index is 1.54. The lowest BCUT2D eigenvalue weighted by Crippen LogP contribution is -2.23. The Morgan fingerprint density at radius 2 is 2.09 bits per heavy atom. The summed E-state index contributed by atoms with van der Waals surface area (Å²) in [4.78, 5) is 18.0. The number of hydrogen-bond donors (Lipinski definition) is 0. The van der Waals surface area contributed by atoms with Crippen LogP contribution in [0.2, 0.25) is 0 Å². The molecule has 2 aliphatic rings. The van der Waals surface area contributed by atoms with E-state index < -0.39 is 0 Å².